The maximum atomic E-state index is 6.54. The largest absolute Gasteiger partial charge is 0.118 e. The predicted octanol–water partition coefficient (Wildman–Crippen LogP) is 5.16. The lowest BCUT2D eigenvalue weighted by atomic mass is 9.95. The lowest BCUT2D eigenvalue weighted by Gasteiger charge is -2.17. The average Bonchev–Trinajstić information content (AvgIpc) is 2.70. The highest BCUT2D eigenvalue weighted by molar-refractivity contribution is 6.20. The molecule has 0 heterocycles. The number of benzene rings is 1. The third-order valence-corrected chi connectivity index (χ3v) is 4.19. The molecule has 1 fully saturated rings. The van der Waals surface area contributed by atoms with Crippen molar-refractivity contribution < 1.29 is 0 Å². The van der Waals surface area contributed by atoms with Gasteiger partial charge in [-0.2, -0.15) is 0 Å². The molecular formula is C15H21Cl. The van der Waals surface area contributed by atoms with Crippen LogP contribution < -0.4 is 0 Å². The van der Waals surface area contributed by atoms with Gasteiger partial charge in [0, 0.05) is 0 Å². The van der Waals surface area contributed by atoms with E-state index in [1.54, 1.807) is 0 Å². The third-order valence-electron chi connectivity index (χ3n) is 3.78. The van der Waals surface area contributed by atoms with Crippen LogP contribution >= 0.6 is 11.6 Å². The van der Waals surface area contributed by atoms with Crippen LogP contribution in [-0.2, 0) is 0 Å². The van der Waals surface area contributed by atoms with Gasteiger partial charge in [0.25, 0.3) is 0 Å². The van der Waals surface area contributed by atoms with E-state index in [2.05, 4.69) is 32.0 Å². The first kappa shape index (κ1) is 12.0. The van der Waals surface area contributed by atoms with Gasteiger partial charge in [-0.05, 0) is 37.3 Å². The van der Waals surface area contributed by atoms with Gasteiger partial charge < -0.3 is 0 Å². The van der Waals surface area contributed by atoms with E-state index in [4.69, 9.17) is 11.6 Å². The van der Waals surface area contributed by atoms with Gasteiger partial charge in [-0.15, -0.1) is 11.6 Å². The normalized spacial score (nSPS) is 18.9. The van der Waals surface area contributed by atoms with E-state index in [1.165, 1.54) is 42.4 Å². The molecule has 1 saturated carbocycles. The Morgan fingerprint density at radius 2 is 1.94 bits per heavy atom. The SMILES string of the molecule is Cc1ccc(C(Cl)CC2CCCC2)c(C)c1. The van der Waals surface area contributed by atoms with Gasteiger partial charge >= 0.3 is 0 Å². The molecule has 1 unspecified atom stereocenters. The second kappa shape index (κ2) is 5.23. The van der Waals surface area contributed by atoms with Crippen LogP contribution in [0.2, 0.25) is 0 Å². The maximum Gasteiger partial charge on any atom is 0.0590 e. The van der Waals surface area contributed by atoms with Crippen molar-refractivity contribution >= 4 is 11.6 Å². The first-order valence-electron chi connectivity index (χ1n) is 6.38. The summed E-state index contributed by atoms with van der Waals surface area (Å²) in [4.78, 5) is 0. The minimum atomic E-state index is 0.212. The van der Waals surface area contributed by atoms with E-state index < -0.39 is 0 Å². The molecule has 0 aliphatic heterocycles. The summed E-state index contributed by atoms with van der Waals surface area (Å²) in [6.07, 6.45) is 6.73. The number of aryl methyl sites for hydroxylation is 2. The fourth-order valence-corrected chi connectivity index (χ4v) is 3.34. The van der Waals surface area contributed by atoms with Crippen molar-refractivity contribution in [2.45, 2.75) is 51.3 Å². The van der Waals surface area contributed by atoms with E-state index in [0.29, 0.717) is 0 Å². The van der Waals surface area contributed by atoms with Crippen LogP contribution in [0.3, 0.4) is 0 Å². The van der Waals surface area contributed by atoms with Gasteiger partial charge in [0.1, 0.15) is 0 Å². The lowest BCUT2D eigenvalue weighted by Crippen LogP contribution is -2.01. The highest BCUT2D eigenvalue weighted by atomic mass is 35.5. The molecule has 0 radical (unpaired) electrons. The van der Waals surface area contributed by atoms with Crippen molar-refractivity contribution in [1.29, 1.82) is 0 Å². The topological polar surface area (TPSA) is 0 Å². The molecule has 1 aromatic carbocycles. The standard InChI is InChI=1S/C15H21Cl/c1-11-7-8-14(12(2)9-11)15(16)10-13-5-3-4-6-13/h7-9,13,15H,3-6,10H2,1-2H3. The molecule has 0 bridgehead atoms. The molecule has 0 saturated heterocycles. The molecule has 88 valence electrons. The molecule has 1 aliphatic rings. The van der Waals surface area contributed by atoms with Crippen molar-refractivity contribution in [3.8, 4) is 0 Å². The Hall–Kier alpha value is -0.490. The summed E-state index contributed by atoms with van der Waals surface area (Å²) in [5.74, 6) is 0.864. The molecular weight excluding hydrogens is 216 g/mol. The summed E-state index contributed by atoms with van der Waals surface area (Å²) < 4.78 is 0. The zero-order chi connectivity index (χ0) is 11.5. The Morgan fingerprint density at radius 1 is 1.25 bits per heavy atom. The highest BCUT2D eigenvalue weighted by Crippen LogP contribution is 2.37. The Bertz CT molecular complexity index is 350. The van der Waals surface area contributed by atoms with Crippen LogP contribution in [0.5, 0.6) is 0 Å². The smallest absolute Gasteiger partial charge is 0.0590 e. The molecule has 1 atom stereocenters. The van der Waals surface area contributed by atoms with Crippen molar-refractivity contribution in [3.05, 3.63) is 34.9 Å². The Balaban J connectivity index is 2.04. The third kappa shape index (κ3) is 2.79. The molecule has 0 amide bonds. The van der Waals surface area contributed by atoms with E-state index in [9.17, 15) is 0 Å². The maximum absolute atomic E-state index is 6.54. The van der Waals surface area contributed by atoms with Crippen LogP contribution in [0.25, 0.3) is 0 Å². The van der Waals surface area contributed by atoms with Crippen LogP contribution in [0.1, 0.15) is 54.2 Å². The van der Waals surface area contributed by atoms with E-state index in [0.717, 1.165) is 12.3 Å². The second-order valence-corrected chi connectivity index (χ2v) is 5.74. The molecule has 1 aliphatic carbocycles. The highest BCUT2D eigenvalue weighted by Gasteiger charge is 2.20. The van der Waals surface area contributed by atoms with E-state index in [-0.39, 0.29) is 5.38 Å². The zero-order valence-corrected chi connectivity index (χ0v) is 11.1. The number of hydrogen-bond donors (Lipinski definition) is 0. The van der Waals surface area contributed by atoms with Crippen LogP contribution in [0.15, 0.2) is 18.2 Å². The molecule has 1 heteroatoms. The summed E-state index contributed by atoms with van der Waals surface area (Å²) in [5.41, 5.74) is 4.00. The van der Waals surface area contributed by atoms with E-state index >= 15 is 0 Å². The molecule has 0 N–H and O–H groups in total. The van der Waals surface area contributed by atoms with E-state index in [1.807, 2.05) is 0 Å². The van der Waals surface area contributed by atoms with Crippen LogP contribution in [0, 0.1) is 19.8 Å². The van der Waals surface area contributed by atoms with Gasteiger partial charge in [-0.25, -0.2) is 0 Å². The Morgan fingerprint density at radius 3 is 2.56 bits per heavy atom. The van der Waals surface area contributed by atoms with Crippen molar-refractivity contribution in [3.63, 3.8) is 0 Å². The Kier molecular flexibility index (Phi) is 3.91. The number of rotatable bonds is 3. The molecule has 0 aromatic heterocycles. The zero-order valence-electron chi connectivity index (χ0n) is 10.3. The second-order valence-electron chi connectivity index (χ2n) is 5.21. The summed E-state index contributed by atoms with van der Waals surface area (Å²) >= 11 is 6.54. The van der Waals surface area contributed by atoms with Gasteiger partial charge in [-0.3, -0.25) is 0 Å². The van der Waals surface area contributed by atoms with Gasteiger partial charge in [0.15, 0.2) is 0 Å². The van der Waals surface area contributed by atoms with Crippen molar-refractivity contribution in [2.75, 3.05) is 0 Å². The number of hydrogen-bond acceptors (Lipinski definition) is 0. The minimum absolute atomic E-state index is 0.212. The summed E-state index contributed by atoms with van der Waals surface area (Å²) in [6, 6.07) is 6.61. The summed E-state index contributed by atoms with van der Waals surface area (Å²) in [5, 5.41) is 0.212. The molecule has 1 aromatic rings. The lowest BCUT2D eigenvalue weighted by molar-refractivity contribution is 0.495. The molecule has 2 rings (SSSR count). The fourth-order valence-electron chi connectivity index (χ4n) is 2.84. The Labute approximate surface area is 104 Å². The quantitative estimate of drug-likeness (QED) is 0.636. The first-order valence-corrected chi connectivity index (χ1v) is 6.81. The van der Waals surface area contributed by atoms with Crippen LogP contribution in [0.4, 0.5) is 0 Å². The first-order chi connectivity index (χ1) is 7.66. The summed E-state index contributed by atoms with van der Waals surface area (Å²) in [7, 11) is 0. The van der Waals surface area contributed by atoms with Crippen LogP contribution in [-0.4, -0.2) is 0 Å². The van der Waals surface area contributed by atoms with Gasteiger partial charge in [0.2, 0.25) is 0 Å². The fraction of sp³-hybridized carbons (Fsp3) is 0.600. The van der Waals surface area contributed by atoms with Gasteiger partial charge in [0.05, 0.1) is 5.38 Å². The molecule has 0 spiro atoms. The summed E-state index contributed by atoms with van der Waals surface area (Å²) in [6.45, 7) is 4.31. The minimum Gasteiger partial charge on any atom is -0.118 e. The number of alkyl halides is 1. The average molecular weight is 237 g/mol. The number of halogens is 1. The van der Waals surface area contributed by atoms with Gasteiger partial charge in [-0.1, -0.05) is 49.4 Å². The molecule has 0 nitrogen and oxygen atoms in total. The van der Waals surface area contributed by atoms with Crippen molar-refractivity contribution in [1.82, 2.24) is 0 Å². The predicted molar refractivity (Wildman–Crippen MR) is 71.1 cm³/mol. The molecule has 16 heavy (non-hydrogen) atoms. The monoisotopic (exact) mass is 236 g/mol. The van der Waals surface area contributed by atoms with Crippen molar-refractivity contribution in [2.24, 2.45) is 5.92 Å².